The van der Waals surface area contributed by atoms with Gasteiger partial charge in [0.25, 0.3) is 0 Å². The fraction of sp³-hybridized carbons (Fsp3) is 0.917. The molecule has 19 heavy (non-hydrogen) atoms. The second-order valence-corrected chi connectivity index (χ2v) is 6.81. The van der Waals surface area contributed by atoms with E-state index in [4.69, 9.17) is 4.74 Å². The van der Waals surface area contributed by atoms with E-state index in [1.165, 1.54) is 0 Å². The normalized spacial score (nSPS) is 14.4. The van der Waals surface area contributed by atoms with Gasteiger partial charge in [0.05, 0.1) is 0 Å². The first-order valence-corrected chi connectivity index (χ1v) is 7.08. The summed E-state index contributed by atoms with van der Waals surface area (Å²) in [5, 5.41) is 2.50. The molecule has 3 nitrogen and oxygen atoms in total. The topological polar surface area (TPSA) is 38.3 Å². The summed E-state index contributed by atoms with van der Waals surface area (Å²) in [6, 6.07) is -0.554. The predicted molar refractivity (Wildman–Crippen MR) is 71.1 cm³/mol. The molecule has 1 unspecified atom stereocenters. The Balaban J connectivity index is 4.38. The van der Waals surface area contributed by atoms with Crippen molar-refractivity contribution in [3.8, 4) is 0 Å². The second kappa shape index (κ2) is 7.26. The molecule has 0 saturated carbocycles. The number of hydrogen-bond donors (Lipinski definition) is 1. The number of hydrogen-bond acceptors (Lipinski definition) is 3. The maximum Gasteiger partial charge on any atom is 0.441 e. The number of carbonyl (C=O) groups is 1. The molecule has 0 fully saturated rings. The molecule has 0 aliphatic carbocycles. The number of amides is 1. The van der Waals surface area contributed by atoms with Crippen LogP contribution in [0.5, 0.6) is 0 Å². The van der Waals surface area contributed by atoms with E-state index in [0.717, 1.165) is 0 Å². The van der Waals surface area contributed by atoms with E-state index in [0.29, 0.717) is 6.42 Å². The molecule has 0 aromatic carbocycles. The van der Waals surface area contributed by atoms with E-state index >= 15 is 0 Å². The SMILES string of the molecule is CC(C)CC(CSC(F)(F)F)NC(=O)OC(C)(C)C. The Bertz CT molecular complexity index is 288. The van der Waals surface area contributed by atoms with Gasteiger partial charge in [0.15, 0.2) is 0 Å². The zero-order chi connectivity index (χ0) is 15.3. The highest BCUT2D eigenvalue weighted by Crippen LogP contribution is 2.31. The Kier molecular flexibility index (Phi) is 7.04. The number of rotatable bonds is 5. The maximum absolute atomic E-state index is 12.2. The Morgan fingerprint density at radius 3 is 2.16 bits per heavy atom. The molecule has 1 amide bonds. The largest absolute Gasteiger partial charge is 0.444 e. The predicted octanol–water partition coefficient (Wildman–Crippen LogP) is 4.18. The first-order valence-electron chi connectivity index (χ1n) is 6.09. The Morgan fingerprint density at radius 1 is 1.26 bits per heavy atom. The third-order valence-corrected chi connectivity index (χ3v) is 2.82. The summed E-state index contributed by atoms with van der Waals surface area (Å²) in [5.74, 6) is -0.0187. The molecule has 0 aliphatic heterocycles. The maximum atomic E-state index is 12.2. The van der Waals surface area contributed by atoms with E-state index in [1.807, 2.05) is 13.8 Å². The van der Waals surface area contributed by atoms with Crippen LogP contribution in [-0.2, 0) is 4.74 Å². The van der Waals surface area contributed by atoms with Crippen LogP contribution in [0.1, 0.15) is 41.0 Å². The summed E-state index contributed by atoms with van der Waals surface area (Å²) in [6.07, 6.45) is -0.205. The number of nitrogens with one attached hydrogen (secondary N) is 1. The van der Waals surface area contributed by atoms with Crippen molar-refractivity contribution in [1.29, 1.82) is 0 Å². The van der Waals surface area contributed by atoms with Crippen molar-refractivity contribution in [2.24, 2.45) is 5.92 Å². The lowest BCUT2D eigenvalue weighted by Crippen LogP contribution is -2.41. The summed E-state index contributed by atoms with van der Waals surface area (Å²) < 4.78 is 41.6. The van der Waals surface area contributed by atoms with Crippen LogP contribution >= 0.6 is 11.8 Å². The average molecular weight is 301 g/mol. The summed E-state index contributed by atoms with van der Waals surface area (Å²) in [7, 11) is 0. The third kappa shape index (κ3) is 12.2. The molecule has 114 valence electrons. The Hall–Kier alpha value is -0.590. The third-order valence-electron chi connectivity index (χ3n) is 1.92. The molecule has 1 N–H and O–H groups in total. The van der Waals surface area contributed by atoms with Gasteiger partial charge in [0.1, 0.15) is 5.60 Å². The van der Waals surface area contributed by atoms with Gasteiger partial charge in [-0.05, 0) is 44.9 Å². The molecule has 0 radical (unpaired) electrons. The second-order valence-electron chi connectivity index (χ2n) is 5.73. The number of halogens is 3. The van der Waals surface area contributed by atoms with Crippen molar-refractivity contribution in [2.75, 3.05) is 5.75 Å². The number of alkyl halides is 3. The molecule has 1 atom stereocenters. The molecule has 0 spiro atoms. The monoisotopic (exact) mass is 301 g/mol. The van der Waals surface area contributed by atoms with Crippen LogP contribution in [-0.4, -0.2) is 29.0 Å². The van der Waals surface area contributed by atoms with Gasteiger partial charge in [-0.1, -0.05) is 13.8 Å². The van der Waals surface area contributed by atoms with Gasteiger partial charge in [0.2, 0.25) is 0 Å². The number of ether oxygens (including phenoxy) is 1. The van der Waals surface area contributed by atoms with Crippen molar-refractivity contribution in [1.82, 2.24) is 5.32 Å². The van der Waals surface area contributed by atoms with Crippen molar-refractivity contribution < 1.29 is 22.7 Å². The zero-order valence-electron chi connectivity index (χ0n) is 11.9. The van der Waals surface area contributed by atoms with E-state index in [9.17, 15) is 18.0 Å². The highest BCUT2D eigenvalue weighted by molar-refractivity contribution is 8.00. The molecule has 0 aliphatic rings. The standard InChI is InChI=1S/C12H22F3NO2S/c1-8(2)6-9(7-19-12(13,14)15)16-10(17)18-11(3,4)5/h8-9H,6-7H2,1-5H3,(H,16,17). The highest BCUT2D eigenvalue weighted by Gasteiger charge is 2.30. The molecule has 0 aromatic heterocycles. The van der Waals surface area contributed by atoms with Crippen LogP contribution < -0.4 is 5.32 Å². The minimum atomic E-state index is -4.29. The van der Waals surface area contributed by atoms with E-state index < -0.39 is 23.2 Å². The van der Waals surface area contributed by atoms with Gasteiger partial charge in [-0.15, -0.1) is 0 Å². The number of thioether (sulfide) groups is 1. The number of alkyl carbamates (subject to hydrolysis) is 1. The minimum absolute atomic E-state index is 0.127. The lowest BCUT2D eigenvalue weighted by molar-refractivity contribution is -0.0330. The molecule has 0 bridgehead atoms. The van der Waals surface area contributed by atoms with Crippen LogP contribution in [0, 0.1) is 5.92 Å². The van der Waals surface area contributed by atoms with Crippen LogP contribution in [0.3, 0.4) is 0 Å². The van der Waals surface area contributed by atoms with Crippen LogP contribution in [0.25, 0.3) is 0 Å². The minimum Gasteiger partial charge on any atom is -0.444 e. The number of carbonyl (C=O) groups excluding carboxylic acids is 1. The van der Waals surface area contributed by atoms with Gasteiger partial charge in [-0.3, -0.25) is 0 Å². The fourth-order valence-corrected chi connectivity index (χ4v) is 2.02. The Labute approximate surface area is 116 Å². The van der Waals surface area contributed by atoms with E-state index in [2.05, 4.69) is 5.32 Å². The molecule has 7 heteroatoms. The van der Waals surface area contributed by atoms with Crippen molar-refractivity contribution >= 4 is 17.9 Å². The van der Waals surface area contributed by atoms with Gasteiger partial charge in [-0.2, -0.15) is 13.2 Å². The molecule has 0 saturated heterocycles. The zero-order valence-corrected chi connectivity index (χ0v) is 12.7. The molecule has 0 heterocycles. The van der Waals surface area contributed by atoms with Crippen molar-refractivity contribution in [2.45, 2.75) is 58.2 Å². The van der Waals surface area contributed by atoms with Gasteiger partial charge < -0.3 is 10.1 Å². The Morgan fingerprint density at radius 2 is 1.79 bits per heavy atom. The van der Waals surface area contributed by atoms with Crippen LogP contribution in [0.15, 0.2) is 0 Å². The van der Waals surface area contributed by atoms with Gasteiger partial charge >= 0.3 is 11.6 Å². The van der Waals surface area contributed by atoms with Crippen LogP contribution in [0.4, 0.5) is 18.0 Å². The summed E-state index contributed by atoms with van der Waals surface area (Å²) in [6.45, 7) is 8.89. The fourth-order valence-electron chi connectivity index (χ4n) is 1.41. The van der Waals surface area contributed by atoms with Crippen molar-refractivity contribution in [3.63, 3.8) is 0 Å². The van der Waals surface area contributed by atoms with E-state index in [-0.39, 0.29) is 23.4 Å². The summed E-state index contributed by atoms with van der Waals surface area (Å²) in [5.41, 5.74) is -4.95. The smallest absolute Gasteiger partial charge is 0.441 e. The summed E-state index contributed by atoms with van der Waals surface area (Å²) in [4.78, 5) is 11.6. The lowest BCUT2D eigenvalue weighted by Gasteiger charge is -2.24. The van der Waals surface area contributed by atoms with Gasteiger partial charge in [0, 0.05) is 11.8 Å². The lowest BCUT2D eigenvalue weighted by atomic mass is 10.1. The average Bonchev–Trinajstić information content (AvgIpc) is 2.08. The van der Waals surface area contributed by atoms with Crippen molar-refractivity contribution in [3.05, 3.63) is 0 Å². The van der Waals surface area contributed by atoms with E-state index in [1.54, 1.807) is 20.8 Å². The quantitative estimate of drug-likeness (QED) is 0.828. The van der Waals surface area contributed by atoms with Gasteiger partial charge in [-0.25, -0.2) is 4.79 Å². The molecular weight excluding hydrogens is 279 g/mol. The molecular formula is C12H22F3NO2S. The molecule has 0 aromatic rings. The molecule has 0 rings (SSSR count). The highest BCUT2D eigenvalue weighted by atomic mass is 32.2. The first-order chi connectivity index (χ1) is 8.39. The van der Waals surface area contributed by atoms with Crippen LogP contribution in [0.2, 0.25) is 0 Å². The summed E-state index contributed by atoms with van der Waals surface area (Å²) >= 11 is -0.127. The first kappa shape index (κ1) is 18.4.